The molecule has 6 heteroatoms. The number of hydrogen-bond donors (Lipinski definition) is 2. The number of carbonyl (C=O) groups excluding carboxylic acids is 2. The van der Waals surface area contributed by atoms with Gasteiger partial charge in [0.25, 0.3) is 5.91 Å². The van der Waals surface area contributed by atoms with Crippen LogP contribution in [-0.2, 0) is 9.59 Å². The number of Topliss-reactive ketones (excluding diaryl/α,β-unsaturated/α-hetero) is 1. The Kier molecular flexibility index (Phi) is 4.70. The van der Waals surface area contributed by atoms with Gasteiger partial charge in [-0.25, -0.2) is 4.39 Å². The zero-order chi connectivity index (χ0) is 20.7. The van der Waals surface area contributed by atoms with Gasteiger partial charge >= 0.3 is 0 Å². The lowest BCUT2D eigenvalue weighted by atomic mass is 9.92. The van der Waals surface area contributed by atoms with Crippen molar-refractivity contribution in [1.82, 2.24) is 4.98 Å². The van der Waals surface area contributed by atoms with Gasteiger partial charge in [-0.3, -0.25) is 14.5 Å². The van der Waals surface area contributed by atoms with Crippen LogP contribution >= 0.6 is 0 Å². The summed E-state index contributed by atoms with van der Waals surface area (Å²) < 4.78 is 13.9. The highest BCUT2D eigenvalue weighted by molar-refractivity contribution is 6.17. The Bertz CT molecular complexity index is 1150. The number of rotatable bonds is 5. The number of aromatic amines is 1. The number of para-hydroxylation sites is 1. The van der Waals surface area contributed by atoms with E-state index < -0.39 is 23.5 Å². The average Bonchev–Trinajstić information content (AvgIpc) is 3.20. The Labute approximate surface area is 167 Å². The lowest BCUT2D eigenvalue weighted by Gasteiger charge is -2.26. The summed E-state index contributed by atoms with van der Waals surface area (Å²) in [4.78, 5) is 30.5. The molecule has 1 atom stereocenters. The molecule has 2 heterocycles. The highest BCUT2D eigenvalue weighted by Crippen LogP contribution is 2.43. The van der Waals surface area contributed by atoms with E-state index in [1.807, 2.05) is 38.1 Å². The lowest BCUT2D eigenvalue weighted by molar-refractivity contribution is -0.118. The number of carbonyl (C=O) groups is 2. The van der Waals surface area contributed by atoms with Gasteiger partial charge in [0.15, 0.2) is 11.5 Å². The van der Waals surface area contributed by atoms with Gasteiger partial charge in [-0.15, -0.1) is 0 Å². The van der Waals surface area contributed by atoms with Gasteiger partial charge in [-0.2, -0.15) is 0 Å². The number of anilines is 1. The van der Waals surface area contributed by atoms with Crippen molar-refractivity contribution in [2.75, 3.05) is 4.90 Å². The third kappa shape index (κ3) is 3.20. The maximum Gasteiger partial charge on any atom is 0.294 e. The summed E-state index contributed by atoms with van der Waals surface area (Å²) in [5.41, 5.74) is 1.85. The molecule has 0 radical (unpaired) electrons. The number of nitrogens with zero attached hydrogens (tertiary/aromatic N) is 1. The second kappa shape index (κ2) is 7.20. The number of aliphatic hydroxyl groups is 1. The van der Waals surface area contributed by atoms with Crippen molar-refractivity contribution < 1.29 is 19.1 Å². The smallest absolute Gasteiger partial charge is 0.294 e. The van der Waals surface area contributed by atoms with Crippen molar-refractivity contribution >= 4 is 28.3 Å². The molecular weight excluding hydrogens is 371 g/mol. The van der Waals surface area contributed by atoms with Gasteiger partial charge in [0.1, 0.15) is 5.82 Å². The first kappa shape index (κ1) is 18.9. The Morgan fingerprint density at radius 2 is 1.97 bits per heavy atom. The quantitative estimate of drug-likeness (QED) is 0.654. The first-order valence-electron chi connectivity index (χ1n) is 9.50. The molecule has 0 saturated carbocycles. The molecule has 3 aromatic rings. The maximum absolute atomic E-state index is 13.9. The Hall–Kier alpha value is -3.41. The molecule has 0 aliphatic carbocycles. The summed E-state index contributed by atoms with van der Waals surface area (Å²) in [5.74, 6) is -2.02. The van der Waals surface area contributed by atoms with Crippen LogP contribution in [0.15, 0.2) is 66.1 Å². The first-order valence-corrected chi connectivity index (χ1v) is 9.50. The highest BCUT2D eigenvalue weighted by Gasteiger charge is 2.45. The van der Waals surface area contributed by atoms with E-state index in [9.17, 15) is 19.1 Å². The number of hydrogen-bond acceptors (Lipinski definition) is 3. The number of fused-ring (bicyclic) bond motifs is 1. The number of amides is 1. The molecule has 0 bridgehead atoms. The van der Waals surface area contributed by atoms with Crippen LogP contribution in [0.4, 0.5) is 10.1 Å². The molecule has 0 fully saturated rings. The van der Waals surface area contributed by atoms with Crippen LogP contribution in [0, 0.1) is 11.7 Å². The summed E-state index contributed by atoms with van der Waals surface area (Å²) >= 11 is 0. The van der Waals surface area contributed by atoms with Crippen LogP contribution in [0.25, 0.3) is 10.9 Å². The second-order valence-corrected chi connectivity index (χ2v) is 7.63. The van der Waals surface area contributed by atoms with Crippen molar-refractivity contribution in [2.24, 2.45) is 5.92 Å². The maximum atomic E-state index is 13.9. The summed E-state index contributed by atoms with van der Waals surface area (Å²) in [6.45, 7) is 3.80. The van der Waals surface area contributed by atoms with Gasteiger partial charge < -0.3 is 10.1 Å². The van der Waals surface area contributed by atoms with Crippen molar-refractivity contribution in [3.8, 4) is 0 Å². The predicted molar refractivity (Wildman–Crippen MR) is 109 cm³/mol. The number of H-pyrrole nitrogens is 1. The number of aliphatic hydroxyl groups excluding tert-OH is 1. The molecule has 4 rings (SSSR count). The van der Waals surface area contributed by atoms with Gasteiger partial charge in [0.05, 0.1) is 11.6 Å². The molecule has 0 saturated heterocycles. The second-order valence-electron chi connectivity index (χ2n) is 7.63. The number of nitrogens with one attached hydrogen (secondary N) is 1. The summed E-state index contributed by atoms with van der Waals surface area (Å²) in [7, 11) is 0. The minimum Gasteiger partial charge on any atom is -0.503 e. The zero-order valence-electron chi connectivity index (χ0n) is 16.1. The van der Waals surface area contributed by atoms with Gasteiger partial charge in [-0.05, 0) is 30.2 Å². The molecule has 29 heavy (non-hydrogen) atoms. The van der Waals surface area contributed by atoms with E-state index in [1.54, 1.807) is 12.3 Å². The normalized spacial score (nSPS) is 17.0. The fourth-order valence-corrected chi connectivity index (χ4v) is 3.88. The molecule has 2 aromatic carbocycles. The molecule has 1 amide bonds. The predicted octanol–water partition coefficient (Wildman–Crippen LogP) is 4.82. The minimum atomic E-state index is -0.841. The van der Waals surface area contributed by atoms with Crippen molar-refractivity contribution in [1.29, 1.82) is 0 Å². The largest absolute Gasteiger partial charge is 0.503 e. The fraction of sp³-hybridized carbons (Fsp3) is 0.217. The molecule has 5 nitrogen and oxygen atoms in total. The summed E-state index contributed by atoms with van der Waals surface area (Å²) in [5, 5.41) is 11.5. The van der Waals surface area contributed by atoms with Gasteiger partial charge in [-0.1, -0.05) is 38.1 Å². The fourth-order valence-electron chi connectivity index (χ4n) is 3.88. The lowest BCUT2D eigenvalue weighted by Crippen LogP contribution is -2.31. The summed E-state index contributed by atoms with van der Waals surface area (Å²) in [6.07, 6.45) is 1.93. The van der Waals surface area contributed by atoms with Crippen LogP contribution in [0.5, 0.6) is 0 Å². The zero-order valence-corrected chi connectivity index (χ0v) is 16.1. The molecule has 0 spiro atoms. The monoisotopic (exact) mass is 392 g/mol. The van der Waals surface area contributed by atoms with Crippen molar-refractivity contribution in [3.05, 3.63) is 77.4 Å². The molecule has 1 aliphatic heterocycles. The van der Waals surface area contributed by atoms with Crippen molar-refractivity contribution in [3.63, 3.8) is 0 Å². The number of benzene rings is 2. The highest BCUT2D eigenvalue weighted by atomic mass is 19.1. The third-order valence-corrected chi connectivity index (χ3v) is 5.10. The molecule has 1 aromatic heterocycles. The van der Waals surface area contributed by atoms with E-state index in [0.717, 1.165) is 10.9 Å². The standard InChI is InChI=1S/C23H21FN2O3/c1-13(2)10-19(27)20-21(17-12-25-18-9-4-3-8-16(17)18)26(23(29)22(20)28)15-7-5-6-14(24)11-15/h3-9,11-13,21,25,28H,10H2,1-2H3. The molecule has 1 aliphatic rings. The van der Waals surface area contributed by atoms with E-state index in [0.29, 0.717) is 5.56 Å². The van der Waals surface area contributed by atoms with E-state index in [-0.39, 0.29) is 29.4 Å². The summed E-state index contributed by atoms with van der Waals surface area (Å²) in [6, 6.07) is 12.3. The molecule has 148 valence electrons. The van der Waals surface area contributed by atoms with Gasteiger partial charge in [0.2, 0.25) is 0 Å². The van der Waals surface area contributed by atoms with E-state index in [2.05, 4.69) is 4.98 Å². The van der Waals surface area contributed by atoms with Crippen LogP contribution in [0.1, 0.15) is 31.9 Å². The Balaban J connectivity index is 1.92. The topological polar surface area (TPSA) is 73.4 Å². The van der Waals surface area contributed by atoms with Crippen LogP contribution in [0.3, 0.4) is 0 Å². The van der Waals surface area contributed by atoms with Gasteiger partial charge in [0, 0.05) is 34.8 Å². The van der Waals surface area contributed by atoms with Crippen LogP contribution in [-0.4, -0.2) is 21.8 Å². The molecular formula is C23H21FN2O3. The van der Waals surface area contributed by atoms with E-state index in [1.165, 1.54) is 23.1 Å². The number of ketones is 1. The SMILES string of the molecule is CC(C)CC(=O)C1=C(O)C(=O)N(c2cccc(F)c2)C1c1c[nH]c2ccccc12. The van der Waals surface area contributed by atoms with E-state index >= 15 is 0 Å². The van der Waals surface area contributed by atoms with Crippen molar-refractivity contribution in [2.45, 2.75) is 26.3 Å². The average molecular weight is 392 g/mol. The molecule has 1 unspecified atom stereocenters. The minimum absolute atomic E-state index is 0.0534. The van der Waals surface area contributed by atoms with Crippen LogP contribution < -0.4 is 4.90 Å². The first-order chi connectivity index (χ1) is 13.9. The Morgan fingerprint density at radius 3 is 2.69 bits per heavy atom. The van der Waals surface area contributed by atoms with E-state index in [4.69, 9.17) is 0 Å². The third-order valence-electron chi connectivity index (χ3n) is 5.10. The molecule has 2 N–H and O–H groups in total. The number of aromatic nitrogens is 1. The Morgan fingerprint density at radius 1 is 1.21 bits per heavy atom. The van der Waals surface area contributed by atoms with Crippen LogP contribution in [0.2, 0.25) is 0 Å². The number of halogens is 1.